The molecular weight excluding hydrogens is 504 g/mol. The fourth-order valence-corrected chi connectivity index (χ4v) is 6.91. The Bertz CT molecular complexity index is 1850. The highest BCUT2D eigenvalue weighted by Gasteiger charge is 2.38. The molecule has 5 nitrogen and oxygen atoms in total. The molecule has 0 amide bonds. The van der Waals surface area contributed by atoms with Crippen molar-refractivity contribution in [3.63, 3.8) is 0 Å². The molecule has 0 bridgehead atoms. The van der Waals surface area contributed by atoms with Gasteiger partial charge in [-0.3, -0.25) is 19.0 Å². The maximum absolute atomic E-state index is 13.4. The first kappa shape index (κ1) is 25.0. The number of carbonyl (C=O) groups is 2. The summed E-state index contributed by atoms with van der Waals surface area (Å²) in [6.07, 6.45) is 3.83. The van der Waals surface area contributed by atoms with E-state index in [0.717, 1.165) is 11.4 Å². The zero-order valence-corrected chi connectivity index (χ0v) is 23.1. The largest absolute Gasteiger partial charge is 0.347 e. The van der Waals surface area contributed by atoms with Gasteiger partial charge in [0, 0.05) is 41.5 Å². The molecule has 4 aromatic rings. The van der Waals surface area contributed by atoms with E-state index in [0.29, 0.717) is 26.9 Å². The summed E-state index contributed by atoms with van der Waals surface area (Å²) in [4.78, 5) is 41.9. The highest BCUT2D eigenvalue weighted by atomic mass is 32.1. The number of thiazole rings is 1. The number of anilines is 1. The molecule has 6 rings (SSSR count). The summed E-state index contributed by atoms with van der Waals surface area (Å²) in [5.41, 5.74) is 6.16. The molecule has 194 valence electrons. The van der Waals surface area contributed by atoms with Crippen molar-refractivity contribution in [1.82, 2.24) is 4.57 Å². The Morgan fingerprint density at radius 3 is 2.10 bits per heavy atom. The summed E-state index contributed by atoms with van der Waals surface area (Å²) < 4.78 is 2.46. The topological polar surface area (TPSA) is 59.4 Å². The monoisotopic (exact) mass is 532 g/mol. The van der Waals surface area contributed by atoms with Crippen LogP contribution in [0.4, 0.5) is 5.69 Å². The van der Waals surface area contributed by atoms with E-state index in [1.807, 2.05) is 44.3 Å². The van der Waals surface area contributed by atoms with Gasteiger partial charge in [-0.1, -0.05) is 74.5 Å². The number of carbonyl (C=O) groups excluding carboxylic acids is 2. The van der Waals surface area contributed by atoms with Crippen LogP contribution in [0.2, 0.25) is 0 Å². The minimum absolute atomic E-state index is 0.0895. The smallest absolute Gasteiger partial charge is 0.269 e. The molecule has 0 unspecified atom stereocenters. The van der Waals surface area contributed by atoms with E-state index in [1.54, 1.807) is 24.3 Å². The van der Waals surface area contributed by atoms with E-state index >= 15 is 0 Å². The van der Waals surface area contributed by atoms with Gasteiger partial charge in [-0.25, -0.2) is 0 Å². The molecule has 0 radical (unpaired) electrons. The third-order valence-corrected chi connectivity index (χ3v) is 8.99. The fourth-order valence-electron chi connectivity index (χ4n) is 5.75. The minimum Gasteiger partial charge on any atom is -0.347 e. The summed E-state index contributed by atoms with van der Waals surface area (Å²) in [6, 6.07) is 23.7. The first-order valence-electron chi connectivity index (χ1n) is 13.0. The van der Waals surface area contributed by atoms with Crippen LogP contribution in [0, 0.1) is 0 Å². The first-order chi connectivity index (χ1) is 18.7. The van der Waals surface area contributed by atoms with Crippen molar-refractivity contribution in [1.29, 1.82) is 0 Å². The van der Waals surface area contributed by atoms with Gasteiger partial charge in [-0.2, -0.15) is 0 Å². The number of hydrogen-bond acceptors (Lipinski definition) is 5. The molecule has 1 aromatic heterocycles. The third kappa shape index (κ3) is 3.78. The van der Waals surface area contributed by atoms with E-state index in [9.17, 15) is 14.4 Å². The lowest BCUT2D eigenvalue weighted by Crippen LogP contribution is -2.32. The van der Waals surface area contributed by atoms with Crippen molar-refractivity contribution in [2.24, 2.45) is 0 Å². The van der Waals surface area contributed by atoms with Crippen molar-refractivity contribution < 1.29 is 9.59 Å². The Morgan fingerprint density at radius 2 is 1.46 bits per heavy atom. The predicted molar refractivity (Wildman–Crippen MR) is 158 cm³/mol. The van der Waals surface area contributed by atoms with Crippen LogP contribution in [0.1, 0.15) is 47.1 Å². The van der Waals surface area contributed by atoms with Gasteiger partial charge in [0.2, 0.25) is 11.6 Å². The van der Waals surface area contributed by atoms with Crippen LogP contribution >= 0.6 is 11.3 Å². The molecule has 1 aliphatic carbocycles. The molecule has 3 aromatic carbocycles. The second-order valence-corrected chi connectivity index (χ2v) is 11.4. The molecule has 0 spiro atoms. The van der Waals surface area contributed by atoms with Crippen molar-refractivity contribution in [3.05, 3.63) is 121 Å². The Morgan fingerprint density at radius 1 is 0.821 bits per heavy atom. The molecule has 2 aliphatic rings. The van der Waals surface area contributed by atoms with Crippen molar-refractivity contribution in [3.8, 4) is 11.1 Å². The Hall–Kier alpha value is -4.29. The summed E-state index contributed by atoms with van der Waals surface area (Å²) in [5, 5.41) is 0. The molecule has 2 heterocycles. The van der Waals surface area contributed by atoms with Gasteiger partial charge in [0.05, 0.1) is 4.53 Å². The number of aromatic nitrogens is 1. The number of fused-ring (bicyclic) bond motifs is 2. The van der Waals surface area contributed by atoms with E-state index in [-0.39, 0.29) is 28.1 Å². The summed E-state index contributed by atoms with van der Waals surface area (Å²) in [6.45, 7) is 6.61. The van der Waals surface area contributed by atoms with Crippen molar-refractivity contribution in [2.75, 3.05) is 11.9 Å². The van der Waals surface area contributed by atoms with Crippen LogP contribution in [-0.4, -0.2) is 23.2 Å². The maximum atomic E-state index is 13.4. The number of ketones is 2. The zero-order valence-electron chi connectivity index (χ0n) is 22.3. The van der Waals surface area contributed by atoms with Crippen molar-refractivity contribution >= 4 is 40.2 Å². The summed E-state index contributed by atoms with van der Waals surface area (Å²) >= 11 is 1.21. The van der Waals surface area contributed by atoms with Gasteiger partial charge >= 0.3 is 0 Å². The molecule has 0 saturated heterocycles. The lowest BCUT2D eigenvalue weighted by molar-refractivity contribution is 0.102. The summed E-state index contributed by atoms with van der Waals surface area (Å²) in [7, 11) is 2.04. The van der Waals surface area contributed by atoms with Gasteiger partial charge < -0.3 is 4.90 Å². The maximum Gasteiger partial charge on any atom is 0.269 e. The average Bonchev–Trinajstić information content (AvgIpc) is 3.47. The lowest BCUT2D eigenvalue weighted by atomic mass is 9.82. The van der Waals surface area contributed by atoms with Crippen LogP contribution in [0.15, 0.2) is 89.4 Å². The van der Waals surface area contributed by atoms with Crippen LogP contribution in [0.3, 0.4) is 0 Å². The zero-order chi connectivity index (χ0) is 27.5. The second kappa shape index (κ2) is 9.17. The van der Waals surface area contributed by atoms with Gasteiger partial charge in [-0.05, 0) is 47.9 Å². The predicted octanol–water partition coefficient (Wildman–Crippen LogP) is 4.92. The molecule has 6 heteroatoms. The fraction of sp³-hybridized carbons (Fsp3) is 0.182. The molecule has 39 heavy (non-hydrogen) atoms. The van der Waals surface area contributed by atoms with Gasteiger partial charge in [0.15, 0.2) is 0 Å². The number of allylic oxidation sites excluding steroid dienone is 2. The highest BCUT2D eigenvalue weighted by molar-refractivity contribution is 7.08. The van der Waals surface area contributed by atoms with E-state index in [2.05, 4.69) is 49.1 Å². The molecule has 0 saturated carbocycles. The number of benzene rings is 3. The molecule has 1 aliphatic heterocycles. The third-order valence-electron chi connectivity index (χ3n) is 7.84. The van der Waals surface area contributed by atoms with E-state index in [4.69, 9.17) is 0 Å². The Kier molecular flexibility index (Phi) is 5.88. The first-order valence-corrected chi connectivity index (χ1v) is 13.8. The Labute approximate surface area is 230 Å². The van der Waals surface area contributed by atoms with Gasteiger partial charge in [0.25, 0.3) is 5.56 Å². The quantitative estimate of drug-likeness (QED) is 0.376. The number of Topliss-reactive ketones (excluding diaryl/α,β-unsaturated/α-hetero) is 2. The van der Waals surface area contributed by atoms with E-state index in [1.165, 1.54) is 32.6 Å². The highest BCUT2D eigenvalue weighted by Crippen LogP contribution is 2.48. The number of nitrogens with zero attached hydrogens (tertiary/aromatic N) is 2. The second-order valence-electron chi connectivity index (χ2n) is 10.4. The molecular formula is C33H28N2O3S. The van der Waals surface area contributed by atoms with Crippen LogP contribution in [0.25, 0.3) is 22.8 Å². The Balaban J connectivity index is 1.47. The van der Waals surface area contributed by atoms with Gasteiger partial charge in [0.1, 0.15) is 10.2 Å². The normalized spacial score (nSPS) is 17.3. The van der Waals surface area contributed by atoms with Crippen LogP contribution in [0.5, 0.6) is 0 Å². The van der Waals surface area contributed by atoms with Crippen LogP contribution < -0.4 is 19.7 Å². The molecule has 0 atom stereocenters. The SMILES string of the molecule is CCn1c(=C2C(=O)c3ccccc3C2=O)s/c(=C/C=C2\N(C)c3ccc(-c4ccccc4)cc3C2(C)C)c1=O. The standard InChI is InChI=1S/C33H28N2O3S/c1-5-35-31(38)26(39-32(35)28-29(36)22-13-9-10-14-23(22)30(28)37)17-18-27-33(2,3)24-19-21(15-16-25(24)34(27)4)20-11-7-6-8-12-20/h6-19H,5H2,1-4H3/b26-17+,27-18-. The van der Waals surface area contributed by atoms with Gasteiger partial charge in [-0.15, -0.1) is 11.3 Å². The lowest BCUT2D eigenvalue weighted by Gasteiger charge is -2.23. The van der Waals surface area contributed by atoms with Crippen LogP contribution in [-0.2, 0) is 12.0 Å². The molecule has 0 fully saturated rings. The number of hydrogen-bond donors (Lipinski definition) is 0. The average molecular weight is 533 g/mol. The summed E-state index contributed by atoms with van der Waals surface area (Å²) in [5.74, 6) is -0.629. The molecule has 0 N–H and O–H groups in total. The number of rotatable bonds is 3. The van der Waals surface area contributed by atoms with Crippen molar-refractivity contribution in [2.45, 2.75) is 32.7 Å². The minimum atomic E-state index is -0.315. The van der Waals surface area contributed by atoms with E-state index < -0.39 is 0 Å². The number of likely N-dealkylation sites (N-methyl/N-ethyl adjacent to an activating group) is 1.